The average molecular weight is 715 g/mol. The molecule has 0 N–H and O–H groups in total. The van der Waals surface area contributed by atoms with Gasteiger partial charge in [-0.15, -0.1) is 0 Å². The lowest BCUT2D eigenvalue weighted by atomic mass is 9.91. The predicted octanol–water partition coefficient (Wildman–Crippen LogP) is 7.23. The van der Waals surface area contributed by atoms with E-state index in [1.165, 1.54) is 35.3 Å². The zero-order chi connectivity index (χ0) is 31.5. The van der Waals surface area contributed by atoms with Crippen molar-refractivity contribution >= 4 is 91.7 Å². The van der Waals surface area contributed by atoms with E-state index in [-0.39, 0.29) is 38.3 Å². The highest BCUT2D eigenvalue weighted by Gasteiger charge is 2.60. The molecule has 1 amide bonds. The third-order valence-electron chi connectivity index (χ3n) is 8.13. The summed E-state index contributed by atoms with van der Waals surface area (Å²) in [5.41, 5.74) is 0. The summed E-state index contributed by atoms with van der Waals surface area (Å²) in [6.45, 7) is 21.9. The van der Waals surface area contributed by atoms with Gasteiger partial charge in [0.1, 0.15) is 15.2 Å². The van der Waals surface area contributed by atoms with E-state index in [1.807, 2.05) is 0 Å². The Morgan fingerprint density at radius 3 is 2.26 bits per heavy atom. The van der Waals surface area contributed by atoms with Gasteiger partial charge in [-0.1, -0.05) is 107 Å². The minimum Gasteiger partial charge on any atom is -0.396 e. The van der Waals surface area contributed by atoms with Gasteiger partial charge in [0.05, 0.1) is 24.4 Å². The highest BCUT2D eigenvalue weighted by atomic mass is 35.5. The van der Waals surface area contributed by atoms with E-state index < -0.39 is 36.2 Å². The van der Waals surface area contributed by atoms with Gasteiger partial charge in [-0.25, -0.2) is 0 Å². The van der Waals surface area contributed by atoms with Gasteiger partial charge >= 0.3 is 0 Å². The Bertz CT molecular complexity index is 982. The first-order chi connectivity index (χ1) is 19.4. The summed E-state index contributed by atoms with van der Waals surface area (Å²) < 4.78 is 26.5. The molecular weight excluding hydrogens is 666 g/mol. The number of hydrogen-bond acceptors (Lipinski definition) is 10. The monoisotopic (exact) mass is 713 g/mol. The second-order valence-corrected chi connectivity index (χ2v) is 25.1. The standard InChI is InChI=1S/C28H48ClNO6S4Si2/c1-18(29)17-34-28(13-10-11-14-33-28)30-22(31)19(23(30)40-25(37)39-20-12-15-38-24(20)32)16-21(35-41(8)26(2,3)4)36-42(9)27(5,6)7/h19-21,23,41-42H,1,10-17H2,2-9H3/t19-,20?,21?,23+,28?,41?,42?/m0/s1. The van der Waals surface area contributed by atoms with Crippen LogP contribution in [0.25, 0.3) is 0 Å². The van der Waals surface area contributed by atoms with Crippen molar-refractivity contribution in [3.8, 4) is 0 Å². The number of likely N-dealkylation sites (tertiary alicyclic amines) is 1. The lowest BCUT2D eigenvalue weighted by Crippen LogP contribution is -2.71. The number of thioether (sulfide) groups is 3. The molecule has 14 heteroatoms. The lowest BCUT2D eigenvalue weighted by Gasteiger charge is -2.56. The van der Waals surface area contributed by atoms with Crippen molar-refractivity contribution in [3.63, 3.8) is 0 Å². The van der Waals surface area contributed by atoms with Crippen molar-refractivity contribution in [1.29, 1.82) is 0 Å². The SMILES string of the molecule is C=C(Cl)COC1(N2C(=O)[C@H](CC(O[SiH](C)C(C)(C)C)O[SiH](C)C(C)(C)C)[C@H]2SC(=S)SC2CCSC2=O)CCCCO1. The van der Waals surface area contributed by atoms with Crippen LogP contribution in [0, 0.1) is 5.92 Å². The molecule has 0 aromatic heterocycles. The summed E-state index contributed by atoms with van der Waals surface area (Å²) in [7, 11) is -3.33. The molecule has 0 saturated carbocycles. The Morgan fingerprint density at radius 1 is 1.17 bits per heavy atom. The molecule has 3 rings (SSSR count). The summed E-state index contributed by atoms with van der Waals surface area (Å²) >= 11 is 16.2. The fraction of sp³-hybridized carbons (Fsp3) is 0.821. The van der Waals surface area contributed by atoms with Crippen LogP contribution < -0.4 is 0 Å². The molecule has 0 bridgehead atoms. The predicted molar refractivity (Wildman–Crippen MR) is 187 cm³/mol. The summed E-state index contributed by atoms with van der Waals surface area (Å²) in [4.78, 5) is 28.2. The largest absolute Gasteiger partial charge is 0.396 e. The normalized spacial score (nSPS) is 29.3. The van der Waals surface area contributed by atoms with Crippen LogP contribution in [0.5, 0.6) is 0 Å². The molecule has 3 aliphatic heterocycles. The van der Waals surface area contributed by atoms with Gasteiger partial charge in [0.25, 0.3) is 5.91 Å². The van der Waals surface area contributed by atoms with Gasteiger partial charge in [-0.05, 0) is 42.4 Å². The Balaban J connectivity index is 1.89. The van der Waals surface area contributed by atoms with Crippen molar-refractivity contribution in [3.05, 3.63) is 11.6 Å². The van der Waals surface area contributed by atoms with Gasteiger partial charge in [-0.3, -0.25) is 14.5 Å². The van der Waals surface area contributed by atoms with Crippen molar-refractivity contribution < 1.29 is 27.9 Å². The topological polar surface area (TPSA) is 74.3 Å². The summed E-state index contributed by atoms with van der Waals surface area (Å²) in [6.07, 6.45) is 3.02. The van der Waals surface area contributed by atoms with Crippen molar-refractivity contribution in [2.45, 2.75) is 120 Å². The molecule has 7 nitrogen and oxygen atoms in total. The van der Waals surface area contributed by atoms with Crippen molar-refractivity contribution in [1.82, 2.24) is 4.90 Å². The molecule has 6 atom stereocenters. The van der Waals surface area contributed by atoms with Crippen LogP contribution in [0.15, 0.2) is 11.6 Å². The molecule has 42 heavy (non-hydrogen) atoms. The number of carbonyl (C=O) groups excluding carboxylic acids is 2. The number of hydrogen-bond donors (Lipinski definition) is 0. The molecule has 0 spiro atoms. The number of ether oxygens (including phenoxy) is 2. The minimum absolute atomic E-state index is 0.0414. The zero-order valence-corrected chi connectivity index (χ0v) is 32.6. The van der Waals surface area contributed by atoms with E-state index in [0.717, 1.165) is 25.0 Å². The van der Waals surface area contributed by atoms with Crippen LogP contribution >= 0.6 is 59.1 Å². The maximum Gasteiger partial charge on any atom is 0.255 e. The van der Waals surface area contributed by atoms with Gasteiger partial charge in [0.15, 0.2) is 18.1 Å². The highest BCUT2D eigenvalue weighted by molar-refractivity contribution is 8.48. The first-order valence-electron chi connectivity index (χ1n) is 14.7. The van der Waals surface area contributed by atoms with E-state index in [4.69, 9.17) is 42.1 Å². The molecule has 3 aliphatic rings. The Labute approximate surface area is 279 Å². The molecule has 3 heterocycles. The molecule has 3 saturated heterocycles. The maximum absolute atomic E-state index is 14.1. The second-order valence-electron chi connectivity index (χ2n) is 13.4. The van der Waals surface area contributed by atoms with E-state index in [2.05, 4.69) is 61.2 Å². The van der Waals surface area contributed by atoms with Crippen LogP contribution in [-0.2, 0) is 27.9 Å². The first-order valence-corrected chi connectivity index (χ1v) is 22.7. The van der Waals surface area contributed by atoms with Gasteiger partial charge < -0.3 is 18.3 Å². The Kier molecular flexibility index (Phi) is 13.6. The molecule has 240 valence electrons. The van der Waals surface area contributed by atoms with Crippen LogP contribution in [0.3, 0.4) is 0 Å². The number of β-lactam (4-membered cyclic amide) rings is 1. The highest BCUT2D eigenvalue weighted by Crippen LogP contribution is 2.49. The number of rotatable bonds is 12. The van der Waals surface area contributed by atoms with Gasteiger partial charge in [0.2, 0.25) is 11.0 Å². The second kappa shape index (κ2) is 15.4. The lowest BCUT2D eigenvalue weighted by molar-refractivity contribution is -0.337. The number of nitrogens with zero attached hydrogens (tertiary/aromatic N) is 1. The van der Waals surface area contributed by atoms with Crippen molar-refractivity contribution in [2.24, 2.45) is 5.92 Å². The van der Waals surface area contributed by atoms with E-state index in [9.17, 15) is 9.59 Å². The smallest absolute Gasteiger partial charge is 0.255 e. The van der Waals surface area contributed by atoms with E-state index >= 15 is 0 Å². The first kappa shape index (κ1) is 37.0. The maximum atomic E-state index is 14.1. The summed E-state index contributed by atoms with van der Waals surface area (Å²) in [6, 6.07) is 0. The molecule has 0 aromatic carbocycles. The van der Waals surface area contributed by atoms with Gasteiger partial charge in [-0.2, -0.15) is 0 Å². The number of amides is 1. The summed E-state index contributed by atoms with van der Waals surface area (Å²) in [5.74, 6) is -0.893. The summed E-state index contributed by atoms with van der Waals surface area (Å²) in [5, 5.41) is 0.0896. The number of carbonyl (C=O) groups is 2. The quantitative estimate of drug-likeness (QED) is 0.0895. The third kappa shape index (κ3) is 9.79. The Morgan fingerprint density at radius 2 is 1.79 bits per heavy atom. The van der Waals surface area contributed by atoms with Crippen molar-refractivity contribution in [2.75, 3.05) is 19.0 Å². The van der Waals surface area contributed by atoms with Crippen LogP contribution in [0.2, 0.25) is 23.2 Å². The van der Waals surface area contributed by atoms with E-state index in [0.29, 0.717) is 28.0 Å². The van der Waals surface area contributed by atoms with Crippen LogP contribution in [-0.4, -0.2) is 79.3 Å². The molecule has 0 radical (unpaired) electrons. The number of halogens is 1. The van der Waals surface area contributed by atoms with Gasteiger partial charge in [0, 0.05) is 23.6 Å². The fourth-order valence-electron chi connectivity index (χ4n) is 4.60. The van der Waals surface area contributed by atoms with Crippen LogP contribution in [0.1, 0.15) is 73.6 Å². The molecular formula is C28H48ClNO6S4Si2. The Hall–Kier alpha value is 0.584. The molecule has 0 aromatic rings. The minimum atomic E-state index is -1.66. The molecule has 3 fully saturated rings. The van der Waals surface area contributed by atoms with E-state index in [1.54, 1.807) is 4.90 Å². The average Bonchev–Trinajstić information content (AvgIpc) is 3.28. The number of thiocarbonyl (C=S) groups is 1. The fourth-order valence-corrected chi connectivity index (χ4v) is 11.2. The zero-order valence-electron chi connectivity index (χ0n) is 26.2. The molecule has 0 aliphatic carbocycles. The molecule has 4 unspecified atom stereocenters. The third-order valence-corrected chi connectivity index (χ3v) is 18.8. The van der Waals surface area contributed by atoms with Crippen LogP contribution in [0.4, 0.5) is 0 Å².